The van der Waals surface area contributed by atoms with Gasteiger partial charge in [0.2, 0.25) is 5.95 Å². The van der Waals surface area contributed by atoms with E-state index in [0.29, 0.717) is 23.6 Å². The van der Waals surface area contributed by atoms with E-state index < -0.39 is 0 Å². The van der Waals surface area contributed by atoms with Crippen molar-refractivity contribution in [1.82, 2.24) is 20.2 Å². The Bertz CT molecular complexity index is 1120. The molecule has 162 valence electrons. The maximum Gasteiger partial charge on any atom is 0.224 e. The Morgan fingerprint density at radius 1 is 1.00 bits per heavy atom. The van der Waals surface area contributed by atoms with Gasteiger partial charge in [0.1, 0.15) is 0 Å². The lowest BCUT2D eigenvalue weighted by molar-refractivity contribution is 0.741. The number of nitrogens with one attached hydrogen (secondary N) is 3. The molecule has 1 saturated carbocycles. The van der Waals surface area contributed by atoms with Crippen LogP contribution in [0.5, 0.6) is 0 Å². The van der Waals surface area contributed by atoms with Gasteiger partial charge in [-0.2, -0.15) is 10.1 Å². The van der Waals surface area contributed by atoms with Gasteiger partial charge in [-0.1, -0.05) is 60.7 Å². The first kappa shape index (κ1) is 20.7. The highest BCUT2D eigenvalue weighted by molar-refractivity contribution is 9.10. The largest absolute Gasteiger partial charge is 0.354 e. The number of rotatable bonds is 9. The molecule has 1 aliphatic carbocycles. The smallest absolute Gasteiger partial charge is 0.224 e. The molecule has 4 aromatic rings. The monoisotopic (exact) mass is 488 g/mol. The molecule has 0 spiro atoms. The second-order valence-electron chi connectivity index (χ2n) is 8.09. The summed E-state index contributed by atoms with van der Waals surface area (Å²) in [5.41, 5.74) is 3.80. The van der Waals surface area contributed by atoms with Crippen molar-refractivity contribution in [3.05, 3.63) is 94.2 Å². The fourth-order valence-electron chi connectivity index (χ4n) is 3.89. The number of hydrogen-bond donors (Lipinski definition) is 3. The highest BCUT2D eigenvalue weighted by atomic mass is 79.9. The number of aromatic nitrogens is 4. The lowest BCUT2D eigenvalue weighted by Gasteiger charge is -2.18. The second kappa shape index (κ2) is 9.53. The molecule has 6 nitrogen and oxygen atoms in total. The number of anilines is 3. The summed E-state index contributed by atoms with van der Waals surface area (Å²) in [7, 11) is 0. The van der Waals surface area contributed by atoms with E-state index in [0.717, 1.165) is 23.3 Å². The molecule has 7 heteroatoms. The second-order valence-corrected chi connectivity index (χ2v) is 8.94. The zero-order valence-electron chi connectivity index (χ0n) is 17.6. The minimum Gasteiger partial charge on any atom is -0.354 e. The Hall–Kier alpha value is -3.19. The molecule has 2 aromatic carbocycles. The molecule has 2 heterocycles. The van der Waals surface area contributed by atoms with E-state index >= 15 is 0 Å². The lowest BCUT2D eigenvalue weighted by atomic mass is 9.88. The minimum absolute atomic E-state index is 0.308. The van der Waals surface area contributed by atoms with E-state index in [1.54, 1.807) is 6.20 Å². The minimum atomic E-state index is 0.308. The van der Waals surface area contributed by atoms with Crippen molar-refractivity contribution in [1.29, 1.82) is 0 Å². The molecule has 1 aliphatic rings. The summed E-state index contributed by atoms with van der Waals surface area (Å²) in [5, 5.41) is 14.1. The molecule has 1 fully saturated rings. The summed E-state index contributed by atoms with van der Waals surface area (Å²) in [4.78, 5) is 9.07. The van der Waals surface area contributed by atoms with E-state index in [1.807, 2.05) is 0 Å². The summed E-state index contributed by atoms with van der Waals surface area (Å²) < 4.78 is 0.797. The Kier molecular flexibility index (Phi) is 6.16. The van der Waals surface area contributed by atoms with E-state index in [1.165, 1.54) is 29.7 Å². The fraction of sp³-hybridized carbons (Fsp3) is 0.240. The Labute approximate surface area is 196 Å². The maximum absolute atomic E-state index is 4.65. The molecule has 0 radical (unpaired) electrons. The third kappa shape index (κ3) is 4.99. The summed E-state index contributed by atoms with van der Waals surface area (Å²) in [6.45, 7) is 0.754. The molecule has 3 N–H and O–H groups in total. The van der Waals surface area contributed by atoms with Gasteiger partial charge in [-0.15, -0.1) is 0 Å². The summed E-state index contributed by atoms with van der Waals surface area (Å²) in [5.74, 6) is 2.99. The summed E-state index contributed by atoms with van der Waals surface area (Å²) in [6.07, 6.45) is 5.16. The van der Waals surface area contributed by atoms with E-state index in [-0.39, 0.29) is 0 Å². The average Bonchev–Trinajstić information content (AvgIpc) is 3.58. The van der Waals surface area contributed by atoms with Crippen LogP contribution >= 0.6 is 15.9 Å². The summed E-state index contributed by atoms with van der Waals surface area (Å²) >= 11 is 3.54. The third-order valence-corrected chi connectivity index (χ3v) is 6.31. The van der Waals surface area contributed by atoms with E-state index in [2.05, 4.69) is 113 Å². The van der Waals surface area contributed by atoms with Crippen molar-refractivity contribution in [2.24, 2.45) is 0 Å². The number of hydrogen-bond acceptors (Lipinski definition) is 5. The lowest BCUT2D eigenvalue weighted by Crippen LogP contribution is -2.11. The number of aromatic amines is 1. The van der Waals surface area contributed by atoms with Gasteiger partial charge < -0.3 is 10.6 Å². The van der Waals surface area contributed by atoms with Crippen LogP contribution in [0.1, 0.15) is 47.9 Å². The van der Waals surface area contributed by atoms with Crippen molar-refractivity contribution in [2.75, 3.05) is 17.2 Å². The fourth-order valence-corrected chi connectivity index (χ4v) is 4.18. The van der Waals surface area contributed by atoms with Crippen LogP contribution in [-0.4, -0.2) is 26.7 Å². The van der Waals surface area contributed by atoms with Crippen molar-refractivity contribution in [3.8, 4) is 0 Å². The van der Waals surface area contributed by atoms with Crippen LogP contribution in [0.2, 0.25) is 0 Å². The van der Waals surface area contributed by atoms with Crippen LogP contribution in [0.25, 0.3) is 0 Å². The van der Waals surface area contributed by atoms with Crippen LogP contribution in [0.15, 0.2) is 77.4 Å². The molecule has 0 aliphatic heterocycles. The van der Waals surface area contributed by atoms with Gasteiger partial charge >= 0.3 is 0 Å². The number of H-pyrrole nitrogens is 1. The SMILES string of the molecule is Brc1cnc(NCCC(c2ccccc2)c2ccccc2)nc1Nc1cc(C2CC2)[nH]n1. The first-order valence-corrected chi connectivity index (χ1v) is 11.7. The normalized spacial score (nSPS) is 13.3. The van der Waals surface area contributed by atoms with Crippen LogP contribution in [-0.2, 0) is 0 Å². The van der Waals surface area contributed by atoms with Gasteiger partial charge in [0.25, 0.3) is 0 Å². The van der Waals surface area contributed by atoms with Crippen molar-refractivity contribution in [3.63, 3.8) is 0 Å². The molecule has 0 amide bonds. The number of benzene rings is 2. The van der Waals surface area contributed by atoms with Gasteiger partial charge in [-0.3, -0.25) is 5.10 Å². The van der Waals surface area contributed by atoms with E-state index in [9.17, 15) is 0 Å². The molecule has 2 aromatic heterocycles. The topological polar surface area (TPSA) is 78.5 Å². The van der Waals surface area contributed by atoms with Gasteiger partial charge in [0.15, 0.2) is 11.6 Å². The first-order chi connectivity index (χ1) is 15.8. The molecule has 5 rings (SSSR count). The maximum atomic E-state index is 4.65. The first-order valence-electron chi connectivity index (χ1n) is 10.9. The zero-order valence-corrected chi connectivity index (χ0v) is 19.2. The quantitative estimate of drug-likeness (QED) is 0.260. The predicted molar refractivity (Wildman–Crippen MR) is 131 cm³/mol. The molecular formula is C25H25BrN6. The Morgan fingerprint density at radius 2 is 1.69 bits per heavy atom. The van der Waals surface area contributed by atoms with Gasteiger partial charge in [-0.25, -0.2) is 4.98 Å². The van der Waals surface area contributed by atoms with Crippen LogP contribution in [0.3, 0.4) is 0 Å². The third-order valence-electron chi connectivity index (χ3n) is 5.73. The molecule has 32 heavy (non-hydrogen) atoms. The van der Waals surface area contributed by atoms with Crippen LogP contribution < -0.4 is 10.6 Å². The summed E-state index contributed by atoms with van der Waals surface area (Å²) in [6, 6.07) is 23.3. The van der Waals surface area contributed by atoms with Crippen molar-refractivity contribution >= 4 is 33.5 Å². The molecule has 0 bridgehead atoms. The predicted octanol–water partition coefficient (Wildman–Crippen LogP) is 6.22. The standard InChI is InChI=1S/C25H25BrN6/c26-21-16-28-25(30-24(21)29-23-15-22(31-32-23)19-11-12-19)27-14-13-20(17-7-3-1-4-8-17)18-9-5-2-6-10-18/h1-10,15-16,19-20H,11-14H2,(H3,27,28,29,30,31,32). The number of halogens is 1. The van der Waals surface area contributed by atoms with Gasteiger partial charge in [0, 0.05) is 36.3 Å². The highest BCUT2D eigenvalue weighted by Crippen LogP contribution is 2.39. The molecule has 0 saturated heterocycles. The van der Waals surface area contributed by atoms with Crippen LogP contribution in [0.4, 0.5) is 17.6 Å². The highest BCUT2D eigenvalue weighted by Gasteiger charge is 2.25. The van der Waals surface area contributed by atoms with Gasteiger partial charge in [-0.05, 0) is 46.3 Å². The Balaban J connectivity index is 1.26. The molecule has 0 atom stereocenters. The number of nitrogens with zero attached hydrogens (tertiary/aromatic N) is 3. The van der Waals surface area contributed by atoms with Gasteiger partial charge in [0.05, 0.1) is 4.47 Å². The molecule has 0 unspecified atom stereocenters. The molecular weight excluding hydrogens is 464 g/mol. The average molecular weight is 489 g/mol. The van der Waals surface area contributed by atoms with Crippen molar-refractivity contribution in [2.45, 2.75) is 31.1 Å². The van der Waals surface area contributed by atoms with Crippen LogP contribution in [0, 0.1) is 0 Å². The van der Waals surface area contributed by atoms with Crippen molar-refractivity contribution < 1.29 is 0 Å². The Morgan fingerprint density at radius 3 is 2.34 bits per heavy atom. The zero-order chi connectivity index (χ0) is 21.8. The van der Waals surface area contributed by atoms with E-state index in [4.69, 9.17) is 0 Å².